The average molecular weight is 523 g/mol. The van der Waals surface area contributed by atoms with Gasteiger partial charge in [0, 0.05) is 24.5 Å². The lowest BCUT2D eigenvalue weighted by molar-refractivity contribution is 0.0490. The van der Waals surface area contributed by atoms with E-state index in [0.717, 1.165) is 48.8 Å². The van der Waals surface area contributed by atoms with E-state index in [9.17, 15) is 4.79 Å². The van der Waals surface area contributed by atoms with Crippen molar-refractivity contribution in [3.05, 3.63) is 16.1 Å². The fraction of sp³-hybridized carbons (Fsp3) is 0.737. The number of aliphatic imine (C=N–C) groups is 1. The maximum atomic E-state index is 11.9. The first-order valence-electron chi connectivity index (χ1n) is 9.69. The highest BCUT2D eigenvalue weighted by molar-refractivity contribution is 14.0. The number of hydrogen-bond donors (Lipinski definition) is 3. The van der Waals surface area contributed by atoms with Crippen LogP contribution in [0.15, 0.2) is 10.4 Å². The Morgan fingerprint density at radius 1 is 1.25 bits per heavy atom. The van der Waals surface area contributed by atoms with Crippen molar-refractivity contribution in [3.8, 4) is 0 Å². The highest BCUT2D eigenvalue weighted by atomic mass is 127. The van der Waals surface area contributed by atoms with Crippen molar-refractivity contribution >= 4 is 47.4 Å². The molecule has 0 radical (unpaired) electrons. The van der Waals surface area contributed by atoms with Gasteiger partial charge < -0.3 is 20.7 Å². The zero-order valence-corrected chi connectivity index (χ0v) is 20.6. The van der Waals surface area contributed by atoms with Crippen LogP contribution < -0.4 is 16.0 Å². The lowest BCUT2D eigenvalue weighted by Crippen LogP contribution is -2.47. The van der Waals surface area contributed by atoms with Crippen LogP contribution in [0.2, 0.25) is 0 Å². The normalized spacial score (nSPS) is 20.1. The molecule has 28 heavy (non-hydrogen) atoms. The second kappa shape index (κ2) is 11.8. The summed E-state index contributed by atoms with van der Waals surface area (Å²) in [7, 11) is 1.78. The molecule has 2 rings (SSSR count). The van der Waals surface area contributed by atoms with Crippen molar-refractivity contribution in [1.82, 2.24) is 20.9 Å². The lowest BCUT2D eigenvalue weighted by atomic mass is 9.91. The predicted octanol–water partition coefficient (Wildman–Crippen LogP) is 3.82. The number of alkyl carbamates (subject to hydrolysis) is 1. The first-order chi connectivity index (χ1) is 12.8. The number of aromatic nitrogens is 1. The Hall–Kier alpha value is -1.10. The Kier molecular flexibility index (Phi) is 10.5. The standard InChI is InChI=1S/C19H33N5O2S.HI/c1-6-16-22-15(12-27-16)11-21-17(20-5)23-13-7-9-14(10-8-13)24-18(25)26-19(2,3)4;/h12-14H,6-11H2,1-5H3,(H,24,25)(H2,20,21,23);1H. The minimum atomic E-state index is -0.462. The Balaban J connectivity index is 0.00000392. The number of nitrogens with zero attached hydrogens (tertiary/aromatic N) is 2. The number of amides is 1. The van der Waals surface area contributed by atoms with E-state index < -0.39 is 5.60 Å². The maximum absolute atomic E-state index is 11.9. The van der Waals surface area contributed by atoms with Gasteiger partial charge in [-0.25, -0.2) is 9.78 Å². The van der Waals surface area contributed by atoms with Crippen molar-refractivity contribution in [3.63, 3.8) is 0 Å². The number of nitrogens with one attached hydrogen (secondary N) is 3. The topological polar surface area (TPSA) is 87.6 Å². The highest BCUT2D eigenvalue weighted by Gasteiger charge is 2.25. The van der Waals surface area contributed by atoms with E-state index in [1.165, 1.54) is 0 Å². The number of guanidine groups is 1. The summed E-state index contributed by atoms with van der Waals surface area (Å²) < 4.78 is 5.33. The lowest BCUT2D eigenvalue weighted by Gasteiger charge is -2.31. The second-order valence-electron chi connectivity index (χ2n) is 7.85. The monoisotopic (exact) mass is 523 g/mol. The van der Waals surface area contributed by atoms with Crippen LogP contribution in [0.3, 0.4) is 0 Å². The van der Waals surface area contributed by atoms with E-state index in [4.69, 9.17) is 4.74 Å². The van der Waals surface area contributed by atoms with Gasteiger partial charge in [-0.2, -0.15) is 0 Å². The van der Waals surface area contributed by atoms with E-state index in [2.05, 4.69) is 38.2 Å². The molecule has 9 heteroatoms. The van der Waals surface area contributed by atoms with Gasteiger partial charge in [0.05, 0.1) is 17.2 Å². The largest absolute Gasteiger partial charge is 0.444 e. The van der Waals surface area contributed by atoms with E-state index in [-0.39, 0.29) is 36.1 Å². The molecule has 1 aromatic rings. The highest BCUT2D eigenvalue weighted by Crippen LogP contribution is 2.19. The number of carbonyl (C=O) groups excluding carboxylic acids is 1. The average Bonchev–Trinajstić information content (AvgIpc) is 3.06. The summed E-state index contributed by atoms with van der Waals surface area (Å²) in [5, 5.41) is 13.0. The number of ether oxygens (including phenoxy) is 1. The van der Waals surface area contributed by atoms with E-state index >= 15 is 0 Å². The summed E-state index contributed by atoms with van der Waals surface area (Å²) in [5.74, 6) is 0.796. The number of rotatable bonds is 5. The molecular formula is C19H34IN5O2S. The summed E-state index contributed by atoms with van der Waals surface area (Å²) in [6.45, 7) is 8.42. The third kappa shape index (κ3) is 8.93. The number of halogens is 1. The van der Waals surface area contributed by atoms with Crippen molar-refractivity contribution in [2.75, 3.05) is 7.05 Å². The molecule has 1 aliphatic carbocycles. The number of carbonyl (C=O) groups is 1. The number of hydrogen-bond acceptors (Lipinski definition) is 5. The second-order valence-corrected chi connectivity index (χ2v) is 8.79. The fourth-order valence-corrected chi connectivity index (χ4v) is 3.76. The van der Waals surface area contributed by atoms with Crippen LogP contribution in [-0.2, 0) is 17.7 Å². The molecule has 1 saturated carbocycles. The number of aryl methyl sites for hydroxylation is 1. The smallest absolute Gasteiger partial charge is 0.407 e. The van der Waals surface area contributed by atoms with Gasteiger partial charge in [0.15, 0.2) is 5.96 Å². The zero-order valence-electron chi connectivity index (χ0n) is 17.5. The molecule has 0 spiro atoms. The minimum absolute atomic E-state index is 0. The quantitative estimate of drug-likeness (QED) is 0.310. The molecule has 1 aromatic heterocycles. The molecule has 1 fully saturated rings. The van der Waals surface area contributed by atoms with Crippen molar-refractivity contribution < 1.29 is 9.53 Å². The van der Waals surface area contributed by atoms with Gasteiger partial charge in [-0.15, -0.1) is 35.3 Å². The molecule has 1 amide bonds. The first-order valence-corrected chi connectivity index (χ1v) is 10.6. The van der Waals surface area contributed by atoms with Crippen LogP contribution in [0.5, 0.6) is 0 Å². The van der Waals surface area contributed by atoms with E-state index in [0.29, 0.717) is 12.6 Å². The van der Waals surface area contributed by atoms with E-state index in [1.54, 1.807) is 18.4 Å². The van der Waals surface area contributed by atoms with Gasteiger partial charge in [-0.3, -0.25) is 4.99 Å². The molecule has 0 atom stereocenters. The molecule has 0 aliphatic heterocycles. The summed E-state index contributed by atoms with van der Waals surface area (Å²) >= 11 is 1.70. The molecule has 0 aromatic carbocycles. The summed E-state index contributed by atoms with van der Waals surface area (Å²) in [6.07, 6.45) is 4.47. The Morgan fingerprint density at radius 3 is 2.36 bits per heavy atom. The molecule has 0 unspecified atom stereocenters. The first kappa shape index (κ1) is 24.9. The predicted molar refractivity (Wildman–Crippen MR) is 126 cm³/mol. The molecule has 160 valence electrons. The van der Waals surface area contributed by atoms with Gasteiger partial charge in [0.25, 0.3) is 0 Å². The third-order valence-corrected chi connectivity index (χ3v) is 5.39. The van der Waals surface area contributed by atoms with Crippen molar-refractivity contribution in [1.29, 1.82) is 0 Å². The van der Waals surface area contributed by atoms with E-state index in [1.807, 2.05) is 20.8 Å². The molecule has 7 nitrogen and oxygen atoms in total. The summed E-state index contributed by atoms with van der Waals surface area (Å²) in [4.78, 5) is 20.8. The van der Waals surface area contributed by atoms with Gasteiger partial charge >= 0.3 is 6.09 Å². The summed E-state index contributed by atoms with van der Waals surface area (Å²) in [5.41, 5.74) is 0.584. The van der Waals surface area contributed by atoms with Gasteiger partial charge in [0.2, 0.25) is 0 Å². The zero-order chi connectivity index (χ0) is 19.9. The van der Waals surface area contributed by atoms with Crippen LogP contribution in [0.1, 0.15) is 64.1 Å². The maximum Gasteiger partial charge on any atom is 0.407 e. The molecular weight excluding hydrogens is 489 g/mol. The van der Waals surface area contributed by atoms with Gasteiger partial charge in [-0.05, 0) is 52.9 Å². The SMILES string of the molecule is CCc1nc(CNC(=NC)NC2CCC(NC(=O)OC(C)(C)C)CC2)cs1.I. The Bertz CT molecular complexity index is 637. The Morgan fingerprint density at radius 2 is 1.86 bits per heavy atom. The van der Waals surface area contributed by atoms with Gasteiger partial charge in [0.1, 0.15) is 5.60 Å². The molecule has 0 saturated heterocycles. The van der Waals surface area contributed by atoms with Crippen LogP contribution in [-0.4, -0.2) is 41.8 Å². The molecule has 1 heterocycles. The Labute approximate surface area is 189 Å². The molecule has 3 N–H and O–H groups in total. The van der Waals surface area contributed by atoms with Crippen LogP contribution >= 0.6 is 35.3 Å². The minimum Gasteiger partial charge on any atom is -0.444 e. The van der Waals surface area contributed by atoms with Crippen LogP contribution in [0, 0.1) is 0 Å². The molecule has 0 bridgehead atoms. The van der Waals surface area contributed by atoms with Crippen LogP contribution in [0.4, 0.5) is 4.79 Å². The van der Waals surface area contributed by atoms with Gasteiger partial charge in [-0.1, -0.05) is 6.92 Å². The fourth-order valence-electron chi connectivity index (χ4n) is 3.01. The number of thiazole rings is 1. The third-order valence-electron chi connectivity index (χ3n) is 4.35. The molecule has 1 aliphatic rings. The summed E-state index contributed by atoms with van der Waals surface area (Å²) in [6, 6.07) is 0.532. The van der Waals surface area contributed by atoms with Crippen molar-refractivity contribution in [2.45, 2.75) is 84.0 Å². The van der Waals surface area contributed by atoms with Crippen LogP contribution in [0.25, 0.3) is 0 Å². The van der Waals surface area contributed by atoms with Crippen molar-refractivity contribution in [2.24, 2.45) is 4.99 Å².